The number of rotatable bonds is 5. The van der Waals surface area contributed by atoms with E-state index in [1.807, 2.05) is 4.57 Å². The Balaban J connectivity index is 1.65. The Hall–Kier alpha value is -1.58. The van der Waals surface area contributed by atoms with Gasteiger partial charge >= 0.3 is 0 Å². The van der Waals surface area contributed by atoms with Gasteiger partial charge in [-0.3, -0.25) is 0 Å². The summed E-state index contributed by atoms with van der Waals surface area (Å²) in [4.78, 5) is 12.8. The predicted molar refractivity (Wildman–Crippen MR) is 86.1 cm³/mol. The maximum absolute atomic E-state index is 9.99. The molecule has 0 unspecified atom stereocenters. The summed E-state index contributed by atoms with van der Waals surface area (Å²) in [6.45, 7) is 0.573. The van der Waals surface area contributed by atoms with Gasteiger partial charge in [0.05, 0.1) is 36.3 Å². The minimum Gasteiger partial charge on any atom is -0.476 e. The van der Waals surface area contributed by atoms with Gasteiger partial charge in [-0.2, -0.15) is 9.97 Å². The number of nitrogens with zero attached hydrogens (tertiary/aromatic N) is 4. The monoisotopic (exact) mass is 337 g/mol. The number of imidazole rings is 1. The lowest BCUT2D eigenvalue weighted by molar-refractivity contribution is 0.138. The van der Waals surface area contributed by atoms with Crippen molar-refractivity contribution in [2.24, 2.45) is 5.92 Å². The third-order valence-corrected chi connectivity index (χ3v) is 5.80. The predicted octanol–water partition coefficient (Wildman–Crippen LogP) is 0.555. The van der Waals surface area contributed by atoms with Crippen LogP contribution < -0.4 is 10.5 Å². The fourth-order valence-corrected chi connectivity index (χ4v) is 4.13. The molecule has 1 saturated heterocycles. The van der Waals surface area contributed by atoms with Crippen LogP contribution in [0.1, 0.15) is 24.6 Å². The van der Waals surface area contributed by atoms with Crippen molar-refractivity contribution in [2.75, 3.05) is 18.9 Å². The molecule has 3 heterocycles. The molecule has 0 spiro atoms. The van der Waals surface area contributed by atoms with E-state index in [-0.39, 0.29) is 23.2 Å². The fourth-order valence-electron chi connectivity index (χ4n) is 2.75. The van der Waals surface area contributed by atoms with Crippen LogP contribution in [0, 0.1) is 5.92 Å². The Morgan fingerprint density at radius 3 is 2.91 bits per heavy atom. The summed E-state index contributed by atoms with van der Waals surface area (Å²) in [5.41, 5.74) is 7.00. The molecule has 0 bridgehead atoms. The van der Waals surface area contributed by atoms with Crippen molar-refractivity contribution in [1.29, 1.82) is 0 Å². The molecule has 23 heavy (non-hydrogen) atoms. The zero-order valence-electron chi connectivity index (χ0n) is 12.5. The van der Waals surface area contributed by atoms with Crippen molar-refractivity contribution in [2.45, 2.75) is 36.0 Å². The van der Waals surface area contributed by atoms with E-state index in [1.165, 1.54) is 24.6 Å². The summed E-state index contributed by atoms with van der Waals surface area (Å²) in [6, 6.07) is 0. The van der Waals surface area contributed by atoms with E-state index >= 15 is 0 Å². The summed E-state index contributed by atoms with van der Waals surface area (Å²) in [6.07, 6.45) is 4.04. The zero-order chi connectivity index (χ0) is 16.0. The fraction of sp³-hybridized carbons (Fsp3) is 0.643. The number of aliphatic hydroxyl groups excluding tert-OH is 2. The molecule has 0 amide bonds. The molecule has 1 aliphatic carbocycles. The maximum Gasteiger partial charge on any atom is 0.247 e. The van der Waals surface area contributed by atoms with Gasteiger partial charge in [-0.25, -0.2) is 4.98 Å². The average Bonchev–Trinajstić information content (AvgIpc) is 3.15. The average molecular weight is 337 g/mol. The Kier molecular flexibility index (Phi) is 3.78. The van der Waals surface area contributed by atoms with Crippen LogP contribution in [-0.2, 0) is 0 Å². The number of fused-ring (bicyclic) bond motifs is 1. The number of ether oxygens (including phenoxy) is 1. The van der Waals surface area contributed by atoms with Crippen LogP contribution >= 0.6 is 11.8 Å². The zero-order valence-corrected chi connectivity index (χ0v) is 13.3. The number of nitrogen functional groups attached to an aromatic ring is 1. The minimum absolute atomic E-state index is 0.0438. The Morgan fingerprint density at radius 2 is 2.22 bits per heavy atom. The maximum atomic E-state index is 9.99. The van der Waals surface area contributed by atoms with E-state index in [0.29, 0.717) is 36.0 Å². The molecule has 4 rings (SSSR count). The number of nitrogens with two attached hydrogens (primary N) is 1. The number of anilines is 1. The van der Waals surface area contributed by atoms with Crippen LogP contribution in [0.3, 0.4) is 0 Å². The third-order valence-electron chi connectivity index (χ3n) is 4.25. The van der Waals surface area contributed by atoms with Crippen LogP contribution in [0.25, 0.3) is 11.2 Å². The largest absolute Gasteiger partial charge is 0.476 e. The molecule has 0 aromatic carbocycles. The van der Waals surface area contributed by atoms with Gasteiger partial charge in [-0.05, 0) is 18.8 Å². The molecular formula is C14H19N5O3S. The summed E-state index contributed by atoms with van der Waals surface area (Å²) in [7, 11) is 0. The second kappa shape index (κ2) is 5.81. The van der Waals surface area contributed by atoms with Crippen LogP contribution in [0.4, 0.5) is 5.95 Å². The number of thioether (sulfide) groups is 1. The van der Waals surface area contributed by atoms with Crippen LogP contribution in [0.2, 0.25) is 0 Å². The van der Waals surface area contributed by atoms with Crippen molar-refractivity contribution >= 4 is 28.9 Å². The number of aromatic nitrogens is 4. The van der Waals surface area contributed by atoms with E-state index in [1.54, 1.807) is 6.33 Å². The van der Waals surface area contributed by atoms with Gasteiger partial charge in [-0.15, -0.1) is 11.8 Å². The molecule has 124 valence electrons. The first kappa shape index (κ1) is 15.0. The Morgan fingerprint density at radius 1 is 1.39 bits per heavy atom. The highest BCUT2D eigenvalue weighted by Crippen LogP contribution is 2.43. The van der Waals surface area contributed by atoms with Gasteiger partial charge in [0, 0.05) is 6.42 Å². The number of aliphatic hydroxyl groups is 2. The van der Waals surface area contributed by atoms with Gasteiger partial charge < -0.3 is 25.3 Å². The lowest BCUT2D eigenvalue weighted by Gasteiger charge is -2.12. The molecule has 8 nitrogen and oxygen atoms in total. The van der Waals surface area contributed by atoms with Crippen LogP contribution in [0.5, 0.6) is 5.88 Å². The van der Waals surface area contributed by atoms with E-state index in [9.17, 15) is 10.2 Å². The van der Waals surface area contributed by atoms with E-state index < -0.39 is 6.10 Å². The first-order valence-electron chi connectivity index (χ1n) is 7.73. The summed E-state index contributed by atoms with van der Waals surface area (Å²) in [5, 5.41) is 19.1. The van der Waals surface area contributed by atoms with Crippen molar-refractivity contribution in [3.63, 3.8) is 0 Å². The Labute approximate surface area is 137 Å². The quantitative estimate of drug-likeness (QED) is 0.724. The van der Waals surface area contributed by atoms with Crippen molar-refractivity contribution in [3.8, 4) is 5.88 Å². The van der Waals surface area contributed by atoms with E-state index in [2.05, 4.69) is 15.0 Å². The number of hydrogen-bond donors (Lipinski definition) is 3. The van der Waals surface area contributed by atoms with Gasteiger partial charge in [-0.1, -0.05) is 0 Å². The van der Waals surface area contributed by atoms with Crippen molar-refractivity contribution < 1.29 is 14.9 Å². The molecule has 3 atom stereocenters. The third kappa shape index (κ3) is 2.84. The van der Waals surface area contributed by atoms with E-state index in [4.69, 9.17) is 10.5 Å². The smallest absolute Gasteiger partial charge is 0.247 e. The minimum atomic E-state index is -0.544. The molecule has 9 heteroatoms. The van der Waals surface area contributed by atoms with Gasteiger partial charge in [0.1, 0.15) is 0 Å². The molecule has 1 aliphatic heterocycles. The molecule has 1 saturated carbocycles. The SMILES string of the molecule is Nc1nc(OCC2CC2)c2ncn([C@H]3C[C@H](O)[C@@H](CO)S3)c2n1. The second-order valence-corrected chi connectivity index (χ2v) is 7.50. The van der Waals surface area contributed by atoms with Gasteiger partial charge in [0.15, 0.2) is 11.2 Å². The molecule has 4 N–H and O–H groups in total. The molecule has 2 fully saturated rings. The standard InChI is InChI=1S/C14H19N5O3S/c15-14-17-12-11(13(18-14)22-5-7-1-2-7)16-6-19(12)10-3-8(21)9(4-20)23-10/h6-10,20-21H,1-5H2,(H2,15,17,18)/t8-,9+,10+/m0/s1. The first-order chi connectivity index (χ1) is 11.2. The molecule has 2 aliphatic rings. The lowest BCUT2D eigenvalue weighted by Crippen LogP contribution is -2.20. The van der Waals surface area contributed by atoms with Crippen LogP contribution in [0.15, 0.2) is 6.33 Å². The second-order valence-electron chi connectivity index (χ2n) is 6.08. The molecular weight excluding hydrogens is 318 g/mol. The lowest BCUT2D eigenvalue weighted by atomic mass is 10.2. The van der Waals surface area contributed by atoms with Gasteiger partial charge in [0.2, 0.25) is 11.8 Å². The highest BCUT2D eigenvalue weighted by molar-refractivity contribution is 8.00. The van der Waals surface area contributed by atoms with Crippen LogP contribution in [-0.4, -0.2) is 54.3 Å². The normalized spacial score (nSPS) is 27.7. The highest BCUT2D eigenvalue weighted by Gasteiger charge is 2.35. The van der Waals surface area contributed by atoms with Crippen molar-refractivity contribution in [1.82, 2.24) is 19.5 Å². The van der Waals surface area contributed by atoms with E-state index in [0.717, 1.165) is 0 Å². The van der Waals surface area contributed by atoms with Crippen molar-refractivity contribution in [3.05, 3.63) is 6.33 Å². The molecule has 2 aromatic rings. The summed E-state index contributed by atoms with van der Waals surface area (Å²) < 4.78 is 7.64. The molecule has 0 radical (unpaired) electrons. The highest BCUT2D eigenvalue weighted by atomic mass is 32.2. The summed E-state index contributed by atoms with van der Waals surface area (Å²) in [5.74, 6) is 1.17. The topological polar surface area (TPSA) is 119 Å². The summed E-state index contributed by atoms with van der Waals surface area (Å²) >= 11 is 1.51. The Bertz CT molecular complexity index is 720. The first-order valence-corrected chi connectivity index (χ1v) is 8.67. The van der Waals surface area contributed by atoms with Gasteiger partial charge in [0.25, 0.3) is 0 Å². The molecule has 2 aromatic heterocycles. The number of hydrogen-bond acceptors (Lipinski definition) is 8.